The number of pyridine rings is 1. The van der Waals surface area contributed by atoms with Gasteiger partial charge < -0.3 is 10.6 Å². The molecule has 0 radical (unpaired) electrons. The second-order valence-corrected chi connectivity index (χ2v) is 5.88. The quantitative estimate of drug-likeness (QED) is 0.704. The number of amides is 1. The normalized spacial score (nSPS) is 10.2. The zero-order chi connectivity index (χ0) is 16.8. The summed E-state index contributed by atoms with van der Waals surface area (Å²) in [5, 5.41) is 5.92. The van der Waals surface area contributed by atoms with Crippen molar-refractivity contribution >= 4 is 33.3 Å². The van der Waals surface area contributed by atoms with Crippen molar-refractivity contribution in [2.75, 3.05) is 10.6 Å². The largest absolute Gasteiger partial charge is 0.365 e. The highest BCUT2D eigenvalue weighted by atomic mass is 79.9. The number of hydrogen-bond donors (Lipinski definition) is 2. The average Bonchev–Trinajstić information content (AvgIpc) is 2.61. The van der Waals surface area contributed by atoms with Crippen molar-refractivity contribution in [1.29, 1.82) is 0 Å². The van der Waals surface area contributed by atoms with Crippen LogP contribution in [0.1, 0.15) is 16.1 Å². The fraction of sp³-hybridized carbons (Fsp3) is 0.0588. The summed E-state index contributed by atoms with van der Waals surface area (Å²) in [7, 11) is 0. The molecule has 0 saturated carbocycles. The second kappa shape index (κ2) is 7.65. The van der Waals surface area contributed by atoms with Gasteiger partial charge in [0, 0.05) is 29.1 Å². The molecule has 0 fully saturated rings. The van der Waals surface area contributed by atoms with Crippen molar-refractivity contribution in [2.45, 2.75) is 6.54 Å². The maximum atomic E-state index is 12.2. The van der Waals surface area contributed by atoms with E-state index in [-0.39, 0.29) is 11.6 Å². The van der Waals surface area contributed by atoms with E-state index in [2.05, 4.69) is 41.5 Å². The minimum absolute atomic E-state index is 0.254. The van der Waals surface area contributed by atoms with Gasteiger partial charge >= 0.3 is 0 Å². The Balaban J connectivity index is 1.60. The van der Waals surface area contributed by atoms with Gasteiger partial charge in [-0.15, -0.1) is 0 Å². The van der Waals surface area contributed by atoms with E-state index in [1.165, 1.54) is 12.4 Å². The van der Waals surface area contributed by atoms with Crippen LogP contribution in [0.4, 0.5) is 11.5 Å². The van der Waals surface area contributed by atoms with Gasteiger partial charge in [0.05, 0.1) is 12.4 Å². The minimum atomic E-state index is -0.304. The van der Waals surface area contributed by atoms with E-state index in [1.54, 1.807) is 18.5 Å². The van der Waals surface area contributed by atoms with Gasteiger partial charge in [-0.2, -0.15) is 0 Å². The van der Waals surface area contributed by atoms with Crippen LogP contribution < -0.4 is 10.6 Å². The molecule has 3 aromatic rings. The first-order valence-corrected chi connectivity index (χ1v) is 8.02. The molecule has 2 heterocycles. The van der Waals surface area contributed by atoms with Crippen molar-refractivity contribution in [3.63, 3.8) is 0 Å². The van der Waals surface area contributed by atoms with Crippen molar-refractivity contribution < 1.29 is 4.79 Å². The third-order valence-corrected chi connectivity index (χ3v) is 3.68. The van der Waals surface area contributed by atoms with Crippen molar-refractivity contribution in [3.05, 3.63) is 76.9 Å². The van der Waals surface area contributed by atoms with Crippen LogP contribution in [0.5, 0.6) is 0 Å². The molecule has 3 rings (SSSR count). The molecule has 0 saturated heterocycles. The van der Waals surface area contributed by atoms with Crippen LogP contribution in [0.15, 0.2) is 65.7 Å². The number of carbonyl (C=O) groups excluding carboxylic acids is 1. The Morgan fingerprint density at radius 3 is 2.62 bits per heavy atom. The molecule has 2 N–H and O–H groups in total. The zero-order valence-electron chi connectivity index (χ0n) is 12.6. The van der Waals surface area contributed by atoms with Crippen LogP contribution in [-0.2, 0) is 6.54 Å². The highest BCUT2D eigenvalue weighted by molar-refractivity contribution is 9.10. The number of aromatic nitrogens is 3. The Bertz CT molecular complexity index is 824. The molecule has 0 aliphatic rings. The minimum Gasteiger partial charge on any atom is -0.365 e. The van der Waals surface area contributed by atoms with Gasteiger partial charge in [0.25, 0.3) is 5.91 Å². The van der Waals surface area contributed by atoms with Gasteiger partial charge in [-0.25, -0.2) is 9.97 Å². The number of halogens is 1. The first-order valence-electron chi connectivity index (χ1n) is 7.22. The monoisotopic (exact) mass is 383 g/mol. The number of nitrogens with one attached hydrogen (secondary N) is 2. The molecule has 0 bridgehead atoms. The van der Waals surface area contributed by atoms with E-state index in [1.807, 2.05) is 30.3 Å². The molecule has 0 aliphatic heterocycles. The molecule has 120 valence electrons. The lowest BCUT2D eigenvalue weighted by atomic mass is 10.3. The average molecular weight is 384 g/mol. The molecule has 6 nitrogen and oxygen atoms in total. The zero-order valence-corrected chi connectivity index (χ0v) is 14.2. The molecular formula is C17H14BrN5O. The van der Waals surface area contributed by atoms with E-state index in [4.69, 9.17) is 0 Å². The van der Waals surface area contributed by atoms with E-state index in [0.29, 0.717) is 18.1 Å². The number of anilines is 2. The standard InChI is InChI=1S/C17H14BrN5O/c18-13-2-1-3-14(8-13)23-17(24)15-10-22-16(11-20-15)21-9-12-4-6-19-7-5-12/h1-8,10-11H,9H2,(H,21,22)(H,23,24). The smallest absolute Gasteiger partial charge is 0.275 e. The highest BCUT2D eigenvalue weighted by Crippen LogP contribution is 2.16. The molecule has 0 aliphatic carbocycles. The molecule has 1 aromatic carbocycles. The van der Waals surface area contributed by atoms with Gasteiger partial charge in [0.15, 0.2) is 0 Å². The lowest BCUT2D eigenvalue weighted by Gasteiger charge is -2.07. The summed E-state index contributed by atoms with van der Waals surface area (Å²) in [5.41, 5.74) is 2.03. The summed E-state index contributed by atoms with van der Waals surface area (Å²) in [6, 6.07) is 11.2. The maximum absolute atomic E-state index is 12.2. The van der Waals surface area contributed by atoms with Gasteiger partial charge in [-0.1, -0.05) is 22.0 Å². The second-order valence-electron chi connectivity index (χ2n) is 4.96. The van der Waals surface area contributed by atoms with E-state index >= 15 is 0 Å². The van der Waals surface area contributed by atoms with Crippen LogP contribution in [-0.4, -0.2) is 20.9 Å². The van der Waals surface area contributed by atoms with Crippen molar-refractivity contribution in [1.82, 2.24) is 15.0 Å². The summed E-state index contributed by atoms with van der Waals surface area (Å²) in [4.78, 5) is 24.5. The van der Waals surface area contributed by atoms with E-state index in [0.717, 1.165) is 10.0 Å². The van der Waals surface area contributed by atoms with Crippen LogP contribution in [0, 0.1) is 0 Å². The molecular weight excluding hydrogens is 370 g/mol. The van der Waals surface area contributed by atoms with Crippen LogP contribution in [0.3, 0.4) is 0 Å². The fourth-order valence-corrected chi connectivity index (χ4v) is 2.39. The Kier molecular flexibility index (Phi) is 5.12. The lowest BCUT2D eigenvalue weighted by Crippen LogP contribution is -2.14. The predicted octanol–water partition coefficient (Wildman–Crippen LogP) is 3.50. The molecule has 2 aromatic heterocycles. The van der Waals surface area contributed by atoms with Crippen molar-refractivity contribution in [2.24, 2.45) is 0 Å². The summed E-state index contributed by atoms with van der Waals surface area (Å²) in [6.45, 7) is 0.612. The molecule has 24 heavy (non-hydrogen) atoms. The topological polar surface area (TPSA) is 79.8 Å². The Labute approximate surface area is 147 Å². The van der Waals surface area contributed by atoms with Gasteiger partial charge in [0.1, 0.15) is 11.5 Å². The number of hydrogen-bond acceptors (Lipinski definition) is 5. The first kappa shape index (κ1) is 16.1. The van der Waals surface area contributed by atoms with Crippen molar-refractivity contribution in [3.8, 4) is 0 Å². The van der Waals surface area contributed by atoms with Gasteiger partial charge in [-0.05, 0) is 35.9 Å². The number of carbonyl (C=O) groups is 1. The van der Waals surface area contributed by atoms with Crippen LogP contribution in [0.25, 0.3) is 0 Å². The summed E-state index contributed by atoms with van der Waals surface area (Å²) >= 11 is 3.36. The first-order chi connectivity index (χ1) is 11.7. The molecule has 1 amide bonds. The summed E-state index contributed by atoms with van der Waals surface area (Å²) in [5.74, 6) is 0.298. The molecule has 0 spiro atoms. The van der Waals surface area contributed by atoms with Gasteiger partial charge in [-0.3, -0.25) is 9.78 Å². The van der Waals surface area contributed by atoms with Crippen LogP contribution >= 0.6 is 15.9 Å². The highest BCUT2D eigenvalue weighted by Gasteiger charge is 2.08. The summed E-state index contributed by atoms with van der Waals surface area (Å²) in [6.07, 6.45) is 6.45. The Hall–Kier alpha value is -2.80. The molecule has 0 atom stereocenters. The maximum Gasteiger partial charge on any atom is 0.275 e. The van der Waals surface area contributed by atoms with E-state index in [9.17, 15) is 4.79 Å². The Morgan fingerprint density at radius 1 is 1.08 bits per heavy atom. The number of nitrogens with zero attached hydrogens (tertiary/aromatic N) is 3. The molecule has 7 heteroatoms. The predicted molar refractivity (Wildman–Crippen MR) is 95.7 cm³/mol. The summed E-state index contributed by atoms with van der Waals surface area (Å²) < 4.78 is 0.891. The van der Waals surface area contributed by atoms with Crippen LogP contribution in [0.2, 0.25) is 0 Å². The number of rotatable bonds is 5. The SMILES string of the molecule is O=C(Nc1cccc(Br)c1)c1cnc(NCc2ccncc2)cn1. The third-order valence-electron chi connectivity index (χ3n) is 3.19. The van der Waals surface area contributed by atoms with E-state index < -0.39 is 0 Å². The molecule has 0 unspecified atom stereocenters. The Morgan fingerprint density at radius 2 is 1.92 bits per heavy atom. The fourth-order valence-electron chi connectivity index (χ4n) is 1.99. The lowest BCUT2D eigenvalue weighted by molar-refractivity contribution is 0.102. The number of benzene rings is 1. The van der Waals surface area contributed by atoms with Gasteiger partial charge in [0.2, 0.25) is 0 Å². The third kappa shape index (κ3) is 4.36.